The third kappa shape index (κ3) is 4.28. The average molecular weight is 469 g/mol. The summed E-state index contributed by atoms with van der Waals surface area (Å²) in [6, 6.07) is 3.57. The Morgan fingerprint density at radius 1 is 1.27 bits per heavy atom. The van der Waals surface area contributed by atoms with Gasteiger partial charge in [-0.1, -0.05) is 0 Å². The second-order valence-electron chi connectivity index (χ2n) is 8.39. The number of aromatic nitrogens is 3. The van der Waals surface area contributed by atoms with Gasteiger partial charge in [-0.05, 0) is 49.3 Å². The molecule has 4 N–H and O–H groups in total. The molecule has 1 amide bonds. The molecule has 5 heterocycles. The summed E-state index contributed by atoms with van der Waals surface area (Å²) in [6.45, 7) is 2.95. The number of carbonyl (C=O) groups excluding carboxylic acids is 1. The number of nitrogen functional groups attached to an aromatic ring is 1. The van der Waals surface area contributed by atoms with Gasteiger partial charge >= 0.3 is 6.09 Å². The minimum atomic E-state index is -3.14. The molecule has 0 unspecified atom stereocenters. The zero-order valence-electron chi connectivity index (χ0n) is 18.1. The number of hydrogen-bond donors (Lipinski definition) is 3. The van der Waals surface area contributed by atoms with Crippen LogP contribution in [0, 0.1) is 6.92 Å². The van der Waals surface area contributed by atoms with Crippen molar-refractivity contribution < 1.29 is 17.9 Å². The van der Waals surface area contributed by atoms with Crippen molar-refractivity contribution >= 4 is 44.0 Å². The van der Waals surface area contributed by atoms with E-state index in [2.05, 4.69) is 25.6 Å². The summed E-state index contributed by atoms with van der Waals surface area (Å²) in [7, 11) is -3.14. The SMILES string of the molecule is Cc1c(-c2cc3cc(NC(=O)O[C@@H]4CCS(=O)(=O)C4)ncc3c(N)n2)cnc2c1NCCC2. The number of nitrogens with one attached hydrogen (secondary N) is 2. The van der Waals surface area contributed by atoms with Crippen LogP contribution in [0.25, 0.3) is 22.0 Å². The molecule has 5 rings (SSSR count). The Hall–Kier alpha value is -3.47. The molecule has 11 heteroatoms. The van der Waals surface area contributed by atoms with Crippen molar-refractivity contribution in [2.24, 2.45) is 0 Å². The molecule has 33 heavy (non-hydrogen) atoms. The first-order valence-electron chi connectivity index (χ1n) is 10.8. The third-order valence-electron chi connectivity index (χ3n) is 6.02. The van der Waals surface area contributed by atoms with E-state index in [1.165, 1.54) is 6.20 Å². The van der Waals surface area contributed by atoms with E-state index in [9.17, 15) is 13.2 Å². The summed E-state index contributed by atoms with van der Waals surface area (Å²) in [6.07, 6.45) is 4.28. The Labute approximate surface area is 190 Å². The first kappa shape index (κ1) is 21.4. The lowest BCUT2D eigenvalue weighted by Gasteiger charge is -2.21. The van der Waals surface area contributed by atoms with Crippen molar-refractivity contribution in [1.82, 2.24) is 15.0 Å². The van der Waals surface area contributed by atoms with Gasteiger partial charge in [-0.3, -0.25) is 10.3 Å². The predicted octanol–water partition coefficient (Wildman–Crippen LogP) is 2.68. The maximum atomic E-state index is 12.2. The van der Waals surface area contributed by atoms with Crippen LogP contribution in [0.2, 0.25) is 0 Å². The van der Waals surface area contributed by atoms with Crippen molar-refractivity contribution in [1.29, 1.82) is 0 Å². The van der Waals surface area contributed by atoms with Crippen molar-refractivity contribution in [3.05, 3.63) is 35.8 Å². The molecule has 0 spiro atoms. The molecular weight excluding hydrogens is 444 g/mol. The van der Waals surface area contributed by atoms with Crippen LogP contribution in [0.5, 0.6) is 0 Å². The van der Waals surface area contributed by atoms with Gasteiger partial charge in [0, 0.05) is 29.9 Å². The fourth-order valence-corrected chi connectivity index (χ4v) is 5.92. The zero-order valence-corrected chi connectivity index (χ0v) is 18.9. The van der Waals surface area contributed by atoms with Gasteiger partial charge in [0.15, 0.2) is 9.84 Å². The molecule has 0 radical (unpaired) electrons. The highest BCUT2D eigenvalue weighted by Gasteiger charge is 2.30. The van der Waals surface area contributed by atoms with Crippen LogP contribution in [-0.4, -0.2) is 53.6 Å². The molecule has 0 aromatic carbocycles. The Kier molecular flexibility index (Phi) is 5.28. The molecule has 10 nitrogen and oxygen atoms in total. The number of fused-ring (bicyclic) bond motifs is 2. The minimum Gasteiger partial charge on any atom is -0.445 e. The van der Waals surface area contributed by atoms with E-state index >= 15 is 0 Å². The van der Waals surface area contributed by atoms with Crippen LogP contribution in [0.4, 0.5) is 22.1 Å². The number of aryl methyl sites for hydroxylation is 1. The number of amides is 1. The molecule has 1 saturated heterocycles. The van der Waals surface area contributed by atoms with Gasteiger partial charge in [0.05, 0.1) is 28.6 Å². The predicted molar refractivity (Wildman–Crippen MR) is 126 cm³/mol. The Balaban J connectivity index is 1.42. The fourth-order valence-electron chi connectivity index (χ4n) is 4.33. The number of nitrogens with zero attached hydrogens (tertiary/aromatic N) is 3. The molecular formula is C22H24N6O4S. The largest absolute Gasteiger partial charge is 0.445 e. The number of sulfone groups is 1. The van der Waals surface area contributed by atoms with Crippen molar-refractivity contribution in [3.63, 3.8) is 0 Å². The highest BCUT2D eigenvalue weighted by molar-refractivity contribution is 7.91. The van der Waals surface area contributed by atoms with Crippen LogP contribution in [0.15, 0.2) is 24.5 Å². The Morgan fingerprint density at radius 3 is 2.91 bits per heavy atom. The summed E-state index contributed by atoms with van der Waals surface area (Å²) in [5.41, 5.74) is 10.9. The Bertz CT molecular complexity index is 1380. The van der Waals surface area contributed by atoms with E-state index in [0.29, 0.717) is 23.3 Å². The number of carbonyl (C=O) groups is 1. The van der Waals surface area contributed by atoms with Gasteiger partial charge in [-0.2, -0.15) is 0 Å². The molecule has 0 aliphatic carbocycles. The monoisotopic (exact) mass is 468 g/mol. The van der Waals surface area contributed by atoms with Gasteiger partial charge in [0.1, 0.15) is 17.7 Å². The van der Waals surface area contributed by atoms with Gasteiger partial charge in [0.25, 0.3) is 0 Å². The van der Waals surface area contributed by atoms with Crippen LogP contribution in [-0.2, 0) is 21.0 Å². The summed E-state index contributed by atoms with van der Waals surface area (Å²) in [4.78, 5) is 25.6. The highest BCUT2D eigenvalue weighted by atomic mass is 32.2. The van der Waals surface area contributed by atoms with Gasteiger partial charge in [-0.25, -0.2) is 23.2 Å². The lowest BCUT2D eigenvalue weighted by atomic mass is 9.99. The van der Waals surface area contributed by atoms with Crippen molar-refractivity contribution in [2.75, 3.05) is 34.4 Å². The number of anilines is 3. The summed E-state index contributed by atoms with van der Waals surface area (Å²) < 4.78 is 28.3. The Morgan fingerprint density at radius 2 is 2.12 bits per heavy atom. The van der Waals surface area contributed by atoms with E-state index < -0.39 is 22.0 Å². The average Bonchev–Trinajstić information content (AvgIpc) is 3.11. The summed E-state index contributed by atoms with van der Waals surface area (Å²) in [5.74, 6) is 0.471. The highest BCUT2D eigenvalue weighted by Crippen LogP contribution is 2.34. The normalized spacial score (nSPS) is 19.0. The van der Waals surface area contributed by atoms with Gasteiger partial charge < -0.3 is 15.8 Å². The van der Waals surface area contributed by atoms with E-state index in [1.54, 1.807) is 6.07 Å². The first-order valence-corrected chi connectivity index (χ1v) is 12.6. The number of nitrogens with two attached hydrogens (primary N) is 1. The number of rotatable bonds is 3. The molecule has 3 aromatic heterocycles. The van der Waals surface area contributed by atoms with Crippen molar-refractivity contribution in [3.8, 4) is 11.3 Å². The molecule has 2 aliphatic rings. The zero-order chi connectivity index (χ0) is 23.2. The maximum Gasteiger partial charge on any atom is 0.413 e. The quantitative estimate of drug-likeness (QED) is 0.527. The molecule has 0 bridgehead atoms. The summed E-state index contributed by atoms with van der Waals surface area (Å²) >= 11 is 0. The van der Waals surface area contributed by atoms with E-state index in [0.717, 1.165) is 47.3 Å². The molecule has 0 saturated carbocycles. The first-order chi connectivity index (χ1) is 15.8. The smallest absolute Gasteiger partial charge is 0.413 e. The molecule has 1 fully saturated rings. The molecule has 172 valence electrons. The van der Waals surface area contributed by atoms with E-state index in [-0.39, 0.29) is 17.3 Å². The van der Waals surface area contributed by atoms with Crippen LogP contribution >= 0.6 is 0 Å². The lowest BCUT2D eigenvalue weighted by Crippen LogP contribution is -2.23. The number of ether oxygens (including phenoxy) is 1. The maximum absolute atomic E-state index is 12.2. The third-order valence-corrected chi connectivity index (χ3v) is 7.76. The number of pyridine rings is 3. The minimum absolute atomic E-state index is 0.0285. The second-order valence-corrected chi connectivity index (χ2v) is 10.6. The number of hydrogen-bond acceptors (Lipinski definition) is 9. The van der Waals surface area contributed by atoms with Crippen LogP contribution in [0.3, 0.4) is 0 Å². The van der Waals surface area contributed by atoms with Crippen LogP contribution < -0.4 is 16.4 Å². The van der Waals surface area contributed by atoms with Gasteiger partial charge in [-0.15, -0.1) is 0 Å². The topological polar surface area (TPSA) is 149 Å². The standard InChI is InChI=1S/C22H24N6O4S/c1-12-15(9-25-17-3-2-5-24-20(12)17)18-7-13-8-19(26-10-16(13)21(23)27-18)28-22(29)32-14-4-6-33(30,31)11-14/h7-10,14,24H,2-6,11H2,1H3,(H2,23,27)(H,26,28,29)/t14-/m1/s1. The van der Waals surface area contributed by atoms with Gasteiger partial charge in [0.2, 0.25) is 0 Å². The van der Waals surface area contributed by atoms with E-state index in [4.69, 9.17) is 10.5 Å². The molecule has 1 atom stereocenters. The molecule has 2 aliphatic heterocycles. The lowest BCUT2D eigenvalue weighted by molar-refractivity contribution is 0.124. The van der Waals surface area contributed by atoms with Crippen LogP contribution in [0.1, 0.15) is 24.1 Å². The van der Waals surface area contributed by atoms with E-state index in [1.807, 2.05) is 19.2 Å². The second kappa shape index (κ2) is 8.14. The summed E-state index contributed by atoms with van der Waals surface area (Å²) in [5, 5.41) is 7.40. The fraction of sp³-hybridized carbons (Fsp3) is 0.364. The van der Waals surface area contributed by atoms with Crippen molar-refractivity contribution in [2.45, 2.75) is 32.3 Å². The molecule has 3 aromatic rings.